The molecule has 2 rings (SSSR count). The van der Waals surface area contributed by atoms with Crippen molar-refractivity contribution in [1.29, 1.82) is 0 Å². The Kier molecular flexibility index (Phi) is 5.01. The largest absolute Gasteiger partial charge is 0.496 e. The Balaban J connectivity index is 2.12. The van der Waals surface area contributed by atoms with E-state index in [1.165, 1.54) is 5.56 Å². The summed E-state index contributed by atoms with van der Waals surface area (Å²) in [5, 5.41) is 0. The van der Waals surface area contributed by atoms with E-state index in [1.807, 2.05) is 19.1 Å². The number of benzene rings is 1. The van der Waals surface area contributed by atoms with Crippen molar-refractivity contribution in [3.05, 3.63) is 29.3 Å². The van der Waals surface area contributed by atoms with Crippen LogP contribution in [0.5, 0.6) is 5.75 Å². The number of hydrogen-bond acceptors (Lipinski definition) is 4. The Labute approximate surface area is 120 Å². The Morgan fingerprint density at radius 3 is 2.95 bits per heavy atom. The van der Waals surface area contributed by atoms with Crippen LogP contribution in [0.25, 0.3) is 0 Å². The molecule has 1 aromatic carbocycles. The van der Waals surface area contributed by atoms with E-state index >= 15 is 0 Å². The van der Waals surface area contributed by atoms with Gasteiger partial charge in [-0.05, 0) is 39.3 Å². The van der Waals surface area contributed by atoms with Crippen LogP contribution in [-0.2, 0) is 16.1 Å². The van der Waals surface area contributed by atoms with Gasteiger partial charge in [0.2, 0.25) is 0 Å². The topological polar surface area (TPSA) is 38.8 Å². The summed E-state index contributed by atoms with van der Waals surface area (Å²) in [7, 11) is 1.68. The lowest BCUT2D eigenvalue weighted by atomic mass is 10.1. The molecule has 4 nitrogen and oxygen atoms in total. The summed E-state index contributed by atoms with van der Waals surface area (Å²) < 4.78 is 10.6. The van der Waals surface area contributed by atoms with Crippen LogP contribution in [0.3, 0.4) is 0 Å². The molecule has 1 fully saturated rings. The van der Waals surface area contributed by atoms with Crippen molar-refractivity contribution in [2.75, 3.05) is 20.3 Å². The van der Waals surface area contributed by atoms with Crippen LogP contribution in [0, 0.1) is 6.92 Å². The molecule has 1 atom stereocenters. The van der Waals surface area contributed by atoms with Gasteiger partial charge in [0, 0.05) is 12.1 Å². The highest BCUT2D eigenvalue weighted by Gasteiger charge is 2.32. The third-order valence-electron chi connectivity index (χ3n) is 3.73. The monoisotopic (exact) mass is 277 g/mol. The molecule has 1 saturated heterocycles. The number of hydrogen-bond donors (Lipinski definition) is 0. The summed E-state index contributed by atoms with van der Waals surface area (Å²) in [6, 6.07) is 6.04. The zero-order valence-electron chi connectivity index (χ0n) is 12.5. The van der Waals surface area contributed by atoms with Crippen molar-refractivity contribution in [2.24, 2.45) is 0 Å². The molecule has 0 aromatic heterocycles. The smallest absolute Gasteiger partial charge is 0.323 e. The minimum atomic E-state index is -0.111. The molecule has 1 heterocycles. The molecule has 0 bridgehead atoms. The quantitative estimate of drug-likeness (QED) is 0.775. The molecule has 20 heavy (non-hydrogen) atoms. The van der Waals surface area contributed by atoms with Gasteiger partial charge in [0.25, 0.3) is 0 Å². The highest BCUT2D eigenvalue weighted by Crippen LogP contribution is 2.26. The zero-order chi connectivity index (χ0) is 14.5. The molecule has 1 aromatic rings. The van der Waals surface area contributed by atoms with E-state index in [1.54, 1.807) is 7.11 Å². The van der Waals surface area contributed by atoms with Gasteiger partial charge in [-0.3, -0.25) is 9.69 Å². The molecule has 1 aliphatic rings. The normalized spacial score (nSPS) is 19.1. The van der Waals surface area contributed by atoms with Gasteiger partial charge in [-0.1, -0.05) is 17.7 Å². The molecule has 1 aliphatic heterocycles. The molecule has 0 amide bonds. The summed E-state index contributed by atoms with van der Waals surface area (Å²) in [4.78, 5) is 14.2. The third-order valence-corrected chi connectivity index (χ3v) is 3.73. The van der Waals surface area contributed by atoms with Gasteiger partial charge < -0.3 is 9.47 Å². The highest BCUT2D eigenvalue weighted by atomic mass is 16.5. The van der Waals surface area contributed by atoms with Crippen molar-refractivity contribution in [3.63, 3.8) is 0 Å². The van der Waals surface area contributed by atoms with E-state index < -0.39 is 0 Å². The van der Waals surface area contributed by atoms with Crippen molar-refractivity contribution < 1.29 is 14.3 Å². The summed E-state index contributed by atoms with van der Waals surface area (Å²) in [5.74, 6) is 0.779. The maximum atomic E-state index is 12.0. The van der Waals surface area contributed by atoms with Gasteiger partial charge >= 0.3 is 5.97 Å². The van der Waals surface area contributed by atoms with Gasteiger partial charge in [-0.2, -0.15) is 0 Å². The average Bonchev–Trinajstić information content (AvgIpc) is 2.87. The molecule has 0 radical (unpaired) electrons. The predicted molar refractivity (Wildman–Crippen MR) is 77.8 cm³/mol. The maximum absolute atomic E-state index is 12.0. The summed E-state index contributed by atoms with van der Waals surface area (Å²) in [6.45, 7) is 6.02. The molecule has 110 valence electrons. The maximum Gasteiger partial charge on any atom is 0.323 e. The summed E-state index contributed by atoms with van der Waals surface area (Å²) >= 11 is 0. The summed E-state index contributed by atoms with van der Waals surface area (Å²) in [5.41, 5.74) is 2.33. The minimum Gasteiger partial charge on any atom is -0.496 e. The van der Waals surface area contributed by atoms with Crippen molar-refractivity contribution in [1.82, 2.24) is 4.90 Å². The molecule has 0 aliphatic carbocycles. The van der Waals surface area contributed by atoms with E-state index in [0.717, 1.165) is 37.2 Å². The number of aryl methyl sites for hydroxylation is 1. The first kappa shape index (κ1) is 14.9. The number of carbonyl (C=O) groups is 1. The predicted octanol–water partition coefficient (Wildman–Crippen LogP) is 2.53. The van der Waals surface area contributed by atoms with Crippen LogP contribution in [0.1, 0.15) is 30.9 Å². The van der Waals surface area contributed by atoms with Gasteiger partial charge in [-0.25, -0.2) is 0 Å². The highest BCUT2D eigenvalue weighted by molar-refractivity contribution is 5.76. The van der Waals surface area contributed by atoms with Gasteiger partial charge in [-0.15, -0.1) is 0 Å². The fraction of sp³-hybridized carbons (Fsp3) is 0.562. The Morgan fingerprint density at radius 1 is 1.45 bits per heavy atom. The van der Waals surface area contributed by atoms with Crippen LogP contribution < -0.4 is 4.74 Å². The third kappa shape index (κ3) is 3.31. The summed E-state index contributed by atoms with van der Waals surface area (Å²) in [6.07, 6.45) is 1.92. The first-order valence-corrected chi connectivity index (χ1v) is 7.20. The van der Waals surface area contributed by atoms with E-state index in [9.17, 15) is 4.79 Å². The van der Waals surface area contributed by atoms with Crippen molar-refractivity contribution in [3.8, 4) is 5.75 Å². The lowest BCUT2D eigenvalue weighted by molar-refractivity contribution is -0.148. The van der Waals surface area contributed by atoms with E-state index in [-0.39, 0.29) is 12.0 Å². The second-order valence-corrected chi connectivity index (χ2v) is 5.20. The number of esters is 1. The molecule has 1 unspecified atom stereocenters. The van der Waals surface area contributed by atoms with Crippen LogP contribution in [0.4, 0.5) is 0 Å². The van der Waals surface area contributed by atoms with Crippen molar-refractivity contribution >= 4 is 5.97 Å². The van der Waals surface area contributed by atoms with E-state index in [0.29, 0.717) is 6.61 Å². The molecule has 0 saturated carbocycles. The minimum absolute atomic E-state index is 0.100. The lowest BCUT2D eigenvalue weighted by Crippen LogP contribution is -2.36. The number of carbonyl (C=O) groups excluding carboxylic acids is 1. The molecule has 0 spiro atoms. The Bertz CT molecular complexity index is 473. The second-order valence-electron chi connectivity index (χ2n) is 5.20. The van der Waals surface area contributed by atoms with Crippen LogP contribution in [0.15, 0.2) is 18.2 Å². The molecular weight excluding hydrogens is 254 g/mol. The van der Waals surface area contributed by atoms with Crippen LogP contribution >= 0.6 is 0 Å². The molecular formula is C16H23NO3. The molecule has 0 N–H and O–H groups in total. The number of methoxy groups -OCH3 is 1. The second kappa shape index (κ2) is 6.75. The van der Waals surface area contributed by atoms with Crippen LogP contribution in [-0.4, -0.2) is 37.2 Å². The number of nitrogens with zero attached hydrogens (tertiary/aromatic N) is 1. The number of rotatable bonds is 5. The van der Waals surface area contributed by atoms with E-state index in [2.05, 4.69) is 17.9 Å². The van der Waals surface area contributed by atoms with E-state index in [4.69, 9.17) is 9.47 Å². The van der Waals surface area contributed by atoms with Crippen molar-refractivity contribution in [2.45, 2.75) is 39.3 Å². The number of likely N-dealkylation sites (tertiary alicyclic amines) is 1. The average molecular weight is 277 g/mol. The lowest BCUT2D eigenvalue weighted by Gasteiger charge is -2.23. The molecule has 4 heteroatoms. The fourth-order valence-corrected chi connectivity index (χ4v) is 2.77. The van der Waals surface area contributed by atoms with Crippen LogP contribution in [0.2, 0.25) is 0 Å². The fourth-order valence-electron chi connectivity index (χ4n) is 2.77. The van der Waals surface area contributed by atoms with Gasteiger partial charge in [0.05, 0.1) is 13.7 Å². The number of ether oxygens (including phenoxy) is 2. The Hall–Kier alpha value is -1.55. The van der Waals surface area contributed by atoms with Gasteiger partial charge in [0.15, 0.2) is 0 Å². The van der Waals surface area contributed by atoms with Gasteiger partial charge in [0.1, 0.15) is 11.8 Å². The Morgan fingerprint density at radius 2 is 2.25 bits per heavy atom. The standard InChI is InChI=1S/C16H23NO3/c1-4-20-16(18)14-6-5-9-17(14)11-13-10-12(2)7-8-15(13)19-3/h7-8,10,14H,4-6,9,11H2,1-3H3. The SMILES string of the molecule is CCOC(=O)C1CCCN1Cc1cc(C)ccc1OC. The first-order chi connectivity index (χ1) is 9.65. The zero-order valence-corrected chi connectivity index (χ0v) is 12.5. The first-order valence-electron chi connectivity index (χ1n) is 7.20.